The fourth-order valence-electron chi connectivity index (χ4n) is 3.21. The van der Waals surface area contributed by atoms with E-state index in [9.17, 15) is 0 Å². The Morgan fingerprint density at radius 3 is 2.90 bits per heavy atom. The van der Waals surface area contributed by atoms with Crippen LogP contribution in [0.15, 0.2) is 36.7 Å². The van der Waals surface area contributed by atoms with Crippen LogP contribution < -0.4 is 5.32 Å². The number of nitrogens with zero attached hydrogens (tertiary/aromatic N) is 2. The Morgan fingerprint density at radius 1 is 1.35 bits per heavy atom. The topological polar surface area (TPSA) is 29.9 Å². The highest BCUT2D eigenvalue weighted by atomic mass is 15.1. The van der Waals surface area contributed by atoms with Crippen LogP contribution in [-0.2, 0) is 20.0 Å². The van der Waals surface area contributed by atoms with E-state index in [1.165, 1.54) is 24.0 Å². The summed E-state index contributed by atoms with van der Waals surface area (Å²) in [5.74, 6) is 1.09. The van der Waals surface area contributed by atoms with Crippen molar-refractivity contribution in [3.05, 3.63) is 53.6 Å². The highest BCUT2D eigenvalue weighted by Crippen LogP contribution is 2.43. The molecule has 1 atom stereocenters. The van der Waals surface area contributed by atoms with Crippen molar-refractivity contribution in [1.29, 1.82) is 0 Å². The summed E-state index contributed by atoms with van der Waals surface area (Å²) in [5, 5.41) is 3.73. The maximum absolute atomic E-state index is 4.40. The molecule has 1 aromatic heterocycles. The number of aromatic nitrogens is 2. The van der Waals surface area contributed by atoms with Crippen molar-refractivity contribution >= 4 is 0 Å². The predicted molar refractivity (Wildman–Crippen MR) is 81.3 cm³/mol. The number of hydrogen-bond acceptors (Lipinski definition) is 2. The van der Waals surface area contributed by atoms with E-state index in [4.69, 9.17) is 0 Å². The minimum atomic E-state index is 0.277. The SMILES string of the molecule is Cn1ccnc1CNC1c2ccccc2CCC1(C)C. The molecule has 3 heteroatoms. The first-order chi connectivity index (χ1) is 9.58. The van der Waals surface area contributed by atoms with Gasteiger partial charge >= 0.3 is 0 Å². The molecule has 2 aromatic rings. The average Bonchev–Trinajstić information content (AvgIpc) is 2.83. The molecule has 106 valence electrons. The lowest BCUT2D eigenvalue weighted by Gasteiger charge is -2.40. The molecular weight excluding hydrogens is 246 g/mol. The van der Waals surface area contributed by atoms with Crippen LogP contribution in [0.3, 0.4) is 0 Å². The van der Waals surface area contributed by atoms with Crippen LogP contribution in [0.4, 0.5) is 0 Å². The van der Waals surface area contributed by atoms with Gasteiger partial charge in [0.15, 0.2) is 0 Å². The van der Waals surface area contributed by atoms with E-state index in [1.54, 1.807) is 0 Å². The van der Waals surface area contributed by atoms with Gasteiger partial charge in [-0.15, -0.1) is 0 Å². The van der Waals surface area contributed by atoms with Gasteiger partial charge in [-0.1, -0.05) is 38.1 Å². The monoisotopic (exact) mass is 269 g/mol. The second-order valence-corrected chi connectivity index (χ2v) is 6.46. The van der Waals surface area contributed by atoms with Gasteiger partial charge in [0, 0.05) is 25.5 Å². The van der Waals surface area contributed by atoms with Gasteiger partial charge in [-0.05, 0) is 29.4 Å². The lowest BCUT2D eigenvalue weighted by atomic mass is 9.70. The summed E-state index contributed by atoms with van der Waals surface area (Å²) in [6.07, 6.45) is 6.26. The Bertz CT molecular complexity index is 598. The van der Waals surface area contributed by atoms with Gasteiger partial charge in [0.05, 0.1) is 6.54 Å². The molecule has 1 heterocycles. The van der Waals surface area contributed by atoms with Crippen LogP contribution in [0.2, 0.25) is 0 Å². The van der Waals surface area contributed by atoms with Gasteiger partial charge in [-0.2, -0.15) is 0 Å². The molecule has 0 saturated heterocycles. The molecule has 20 heavy (non-hydrogen) atoms. The van der Waals surface area contributed by atoms with E-state index in [-0.39, 0.29) is 5.41 Å². The Labute approximate surface area is 121 Å². The fraction of sp³-hybridized carbons (Fsp3) is 0.471. The molecule has 1 N–H and O–H groups in total. The Kier molecular flexibility index (Phi) is 3.38. The first-order valence-corrected chi connectivity index (χ1v) is 7.35. The van der Waals surface area contributed by atoms with E-state index in [0.717, 1.165) is 12.4 Å². The highest BCUT2D eigenvalue weighted by molar-refractivity contribution is 5.34. The quantitative estimate of drug-likeness (QED) is 0.927. The molecule has 1 aliphatic rings. The summed E-state index contributed by atoms with van der Waals surface area (Å²) in [6.45, 7) is 5.53. The Hall–Kier alpha value is -1.61. The highest BCUT2D eigenvalue weighted by Gasteiger charge is 2.35. The summed E-state index contributed by atoms with van der Waals surface area (Å²) >= 11 is 0. The van der Waals surface area contributed by atoms with E-state index in [1.807, 2.05) is 19.4 Å². The largest absolute Gasteiger partial charge is 0.337 e. The van der Waals surface area contributed by atoms with Crippen molar-refractivity contribution in [3.63, 3.8) is 0 Å². The summed E-state index contributed by atoms with van der Waals surface area (Å²) < 4.78 is 2.08. The fourth-order valence-corrected chi connectivity index (χ4v) is 3.21. The molecule has 1 aromatic carbocycles. The minimum absolute atomic E-state index is 0.277. The number of hydrogen-bond donors (Lipinski definition) is 1. The Balaban J connectivity index is 1.85. The standard InChI is InChI=1S/C17H23N3/c1-17(2)9-8-13-6-4-5-7-14(13)16(17)19-12-15-18-10-11-20(15)3/h4-7,10-11,16,19H,8-9,12H2,1-3H3. The van der Waals surface area contributed by atoms with Crippen molar-refractivity contribution in [3.8, 4) is 0 Å². The first-order valence-electron chi connectivity index (χ1n) is 7.35. The molecule has 3 rings (SSSR count). The molecule has 0 amide bonds. The molecule has 3 nitrogen and oxygen atoms in total. The van der Waals surface area contributed by atoms with Gasteiger partial charge in [0.25, 0.3) is 0 Å². The number of benzene rings is 1. The van der Waals surface area contributed by atoms with Crippen LogP contribution in [0, 0.1) is 5.41 Å². The van der Waals surface area contributed by atoms with Crippen LogP contribution in [0.25, 0.3) is 0 Å². The van der Waals surface area contributed by atoms with E-state index >= 15 is 0 Å². The minimum Gasteiger partial charge on any atom is -0.337 e. The lowest BCUT2D eigenvalue weighted by Crippen LogP contribution is -2.38. The maximum atomic E-state index is 4.40. The number of fused-ring (bicyclic) bond motifs is 1. The first kappa shape index (κ1) is 13.4. The summed E-state index contributed by atoms with van der Waals surface area (Å²) in [7, 11) is 2.05. The van der Waals surface area contributed by atoms with Crippen LogP contribution >= 0.6 is 0 Å². The van der Waals surface area contributed by atoms with Gasteiger partial charge < -0.3 is 9.88 Å². The average molecular weight is 269 g/mol. The zero-order chi connectivity index (χ0) is 14.2. The van der Waals surface area contributed by atoms with E-state index in [2.05, 4.69) is 53.0 Å². The van der Waals surface area contributed by atoms with Gasteiger partial charge in [-0.3, -0.25) is 0 Å². The number of nitrogens with one attached hydrogen (secondary N) is 1. The zero-order valence-electron chi connectivity index (χ0n) is 12.6. The van der Waals surface area contributed by atoms with Crippen LogP contribution in [0.1, 0.15) is 43.3 Å². The predicted octanol–water partition coefficient (Wildman–Crippen LogP) is 3.22. The van der Waals surface area contributed by atoms with Crippen molar-refractivity contribution in [2.75, 3.05) is 0 Å². The molecule has 0 spiro atoms. The smallest absolute Gasteiger partial charge is 0.122 e. The maximum Gasteiger partial charge on any atom is 0.122 e. The third kappa shape index (κ3) is 2.38. The third-order valence-electron chi connectivity index (χ3n) is 4.57. The van der Waals surface area contributed by atoms with Gasteiger partial charge in [-0.25, -0.2) is 4.98 Å². The third-order valence-corrected chi connectivity index (χ3v) is 4.57. The molecule has 0 bridgehead atoms. The zero-order valence-corrected chi connectivity index (χ0v) is 12.6. The molecule has 0 fully saturated rings. The summed E-state index contributed by atoms with van der Waals surface area (Å²) in [5.41, 5.74) is 3.22. The van der Waals surface area contributed by atoms with Crippen molar-refractivity contribution in [2.45, 2.75) is 39.3 Å². The lowest BCUT2D eigenvalue weighted by molar-refractivity contribution is 0.206. The molecule has 1 aliphatic carbocycles. The number of imidazole rings is 1. The molecular formula is C17H23N3. The van der Waals surface area contributed by atoms with E-state index in [0.29, 0.717) is 6.04 Å². The molecule has 0 radical (unpaired) electrons. The molecule has 1 unspecified atom stereocenters. The molecule has 0 saturated carbocycles. The second kappa shape index (κ2) is 5.06. The second-order valence-electron chi connectivity index (χ2n) is 6.46. The summed E-state index contributed by atoms with van der Waals surface area (Å²) in [6, 6.07) is 9.22. The van der Waals surface area contributed by atoms with Crippen molar-refractivity contribution in [1.82, 2.24) is 14.9 Å². The van der Waals surface area contributed by atoms with Gasteiger partial charge in [0.2, 0.25) is 0 Å². The molecule has 0 aliphatic heterocycles. The summed E-state index contributed by atoms with van der Waals surface area (Å²) in [4.78, 5) is 4.40. The van der Waals surface area contributed by atoms with Crippen LogP contribution in [-0.4, -0.2) is 9.55 Å². The van der Waals surface area contributed by atoms with E-state index < -0.39 is 0 Å². The van der Waals surface area contributed by atoms with Gasteiger partial charge in [0.1, 0.15) is 5.82 Å². The Morgan fingerprint density at radius 2 is 2.15 bits per heavy atom. The number of aryl methyl sites for hydroxylation is 2. The number of rotatable bonds is 3. The van der Waals surface area contributed by atoms with Crippen LogP contribution in [0.5, 0.6) is 0 Å². The van der Waals surface area contributed by atoms with Crippen molar-refractivity contribution in [2.24, 2.45) is 12.5 Å². The normalized spacial score (nSPS) is 20.6. The van der Waals surface area contributed by atoms with Crippen molar-refractivity contribution < 1.29 is 0 Å².